The minimum absolute atomic E-state index is 0.0764. The van der Waals surface area contributed by atoms with E-state index in [1.807, 2.05) is 89.8 Å². The van der Waals surface area contributed by atoms with Crippen molar-refractivity contribution in [1.29, 1.82) is 0 Å². The molecule has 0 atom stereocenters. The van der Waals surface area contributed by atoms with E-state index in [9.17, 15) is 4.79 Å². The Labute approximate surface area is 163 Å². The molecule has 0 saturated carbocycles. The van der Waals surface area contributed by atoms with E-state index in [1.165, 1.54) is 6.08 Å². The number of para-hydroxylation sites is 1. The second-order valence-corrected chi connectivity index (χ2v) is 6.24. The highest BCUT2D eigenvalue weighted by Gasteiger charge is 2.05. The summed E-state index contributed by atoms with van der Waals surface area (Å²) in [4.78, 5) is 12.5. The van der Waals surface area contributed by atoms with Crippen LogP contribution in [0.25, 0.3) is 11.8 Å². The van der Waals surface area contributed by atoms with E-state index in [1.54, 1.807) is 12.1 Å². The minimum Gasteiger partial charge on any atom is -0.486 e. The highest BCUT2D eigenvalue weighted by Crippen LogP contribution is 2.16. The van der Waals surface area contributed by atoms with Gasteiger partial charge in [-0.1, -0.05) is 30.3 Å². The molecule has 0 N–H and O–H groups in total. The number of ketones is 1. The predicted octanol–water partition coefficient (Wildman–Crippen LogP) is 5.55. The highest BCUT2D eigenvalue weighted by molar-refractivity contribution is 6.06. The van der Waals surface area contributed by atoms with E-state index < -0.39 is 0 Å². The summed E-state index contributed by atoms with van der Waals surface area (Å²) in [5, 5.41) is 0. The Bertz CT molecular complexity index is 1080. The van der Waals surface area contributed by atoms with Gasteiger partial charge in [0.2, 0.25) is 0 Å². The van der Waals surface area contributed by atoms with Gasteiger partial charge in [-0.25, -0.2) is 0 Å². The van der Waals surface area contributed by atoms with E-state index in [2.05, 4.69) is 0 Å². The summed E-state index contributed by atoms with van der Waals surface area (Å²) >= 11 is 0. The highest BCUT2D eigenvalue weighted by atomic mass is 16.5. The molecule has 0 radical (unpaired) electrons. The van der Waals surface area contributed by atoms with E-state index in [0.717, 1.165) is 11.4 Å². The quantitative estimate of drug-likeness (QED) is 0.317. The Balaban J connectivity index is 1.40. The van der Waals surface area contributed by atoms with Gasteiger partial charge in [0.15, 0.2) is 5.78 Å². The van der Waals surface area contributed by atoms with Crippen LogP contribution in [-0.4, -0.2) is 10.4 Å². The van der Waals surface area contributed by atoms with Crippen LogP contribution >= 0.6 is 0 Å². The van der Waals surface area contributed by atoms with Gasteiger partial charge >= 0.3 is 0 Å². The first-order valence-corrected chi connectivity index (χ1v) is 9.00. The van der Waals surface area contributed by atoms with Crippen molar-refractivity contribution in [3.8, 4) is 11.4 Å². The lowest BCUT2D eigenvalue weighted by molar-refractivity contribution is 0.104. The molecule has 2 aromatic carbocycles. The standard InChI is InChI=1S/C24H19NO3/c26-24(19-7-6-8-20(17-19)25-15-4-5-16-25)14-13-22-11-12-23(28-22)18-27-21-9-2-1-3-10-21/h1-17H,18H2/b14-13+. The lowest BCUT2D eigenvalue weighted by atomic mass is 10.1. The maximum Gasteiger partial charge on any atom is 0.186 e. The average Bonchev–Trinajstić information content (AvgIpc) is 3.44. The lowest BCUT2D eigenvalue weighted by Gasteiger charge is -2.04. The predicted molar refractivity (Wildman–Crippen MR) is 109 cm³/mol. The molecule has 28 heavy (non-hydrogen) atoms. The zero-order chi connectivity index (χ0) is 19.2. The number of carbonyl (C=O) groups is 1. The van der Waals surface area contributed by atoms with Gasteiger partial charge in [0.25, 0.3) is 0 Å². The van der Waals surface area contributed by atoms with Gasteiger partial charge in [0.1, 0.15) is 23.9 Å². The third kappa shape index (κ3) is 4.30. The van der Waals surface area contributed by atoms with Crippen LogP contribution in [0.4, 0.5) is 0 Å². The fourth-order valence-electron chi connectivity index (χ4n) is 2.81. The number of benzene rings is 2. The smallest absolute Gasteiger partial charge is 0.186 e. The molecule has 0 spiro atoms. The fourth-order valence-corrected chi connectivity index (χ4v) is 2.81. The molecule has 4 nitrogen and oxygen atoms in total. The molecule has 0 fully saturated rings. The number of carbonyl (C=O) groups excluding carboxylic acids is 1. The number of hydrogen-bond acceptors (Lipinski definition) is 3. The van der Waals surface area contributed by atoms with Gasteiger partial charge in [-0.15, -0.1) is 0 Å². The molecule has 2 heterocycles. The third-order valence-electron chi connectivity index (χ3n) is 4.24. The zero-order valence-electron chi connectivity index (χ0n) is 15.2. The molecule has 4 heteroatoms. The van der Waals surface area contributed by atoms with E-state index >= 15 is 0 Å². The Kier molecular flexibility index (Phi) is 5.20. The lowest BCUT2D eigenvalue weighted by Crippen LogP contribution is -1.97. The van der Waals surface area contributed by atoms with Gasteiger partial charge in [0, 0.05) is 23.6 Å². The first-order chi connectivity index (χ1) is 13.8. The SMILES string of the molecule is O=C(/C=C/c1ccc(COc2ccccc2)o1)c1cccc(-n2cccc2)c1. The molecule has 0 amide bonds. The summed E-state index contributed by atoms with van der Waals surface area (Å²) < 4.78 is 13.3. The van der Waals surface area contributed by atoms with Crippen molar-refractivity contribution in [2.75, 3.05) is 0 Å². The van der Waals surface area contributed by atoms with E-state index in [4.69, 9.17) is 9.15 Å². The maximum atomic E-state index is 12.5. The number of furan rings is 1. The van der Waals surface area contributed by atoms with Gasteiger partial charge in [-0.2, -0.15) is 0 Å². The Hall–Kier alpha value is -3.79. The maximum absolute atomic E-state index is 12.5. The number of aromatic nitrogens is 1. The van der Waals surface area contributed by atoms with Crippen molar-refractivity contribution in [3.63, 3.8) is 0 Å². The fraction of sp³-hybridized carbons (Fsp3) is 0.0417. The van der Waals surface area contributed by atoms with Crippen LogP contribution in [0.15, 0.2) is 102 Å². The van der Waals surface area contributed by atoms with E-state index in [0.29, 0.717) is 23.7 Å². The molecule has 4 rings (SSSR count). The molecule has 2 aromatic heterocycles. The van der Waals surface area contributed by atoms with Gasteiger partial charge in [0.05, 0.1) is 0 Å². The zero-order valence-corrected chi connectivity index (χ0v) is 15.2. The van der Waals surface area contributed by atoms with Crippen LogP contribution in [0.5, 0.6) is 5.75 Å². The molecular weight excluding hydrogens is 350 g/mol. The van der Waals surface area contributed by atoms with Crippen molar-refractivity contribution in [2.24, 2.45) is 0 Å². The summed E-state index contributed by atoms with van der Waals surface area (Å²) in [6, 6.07) is 24.6. The summed E-state index contributed by atoms with van der Waals surface area (Å²) in [7, 11) is 0. The summed E-state index contributed by atoms with van der Waals surface area (Å²) in [5.74, 6) is 2.02. The molecule has 0 saturated heterocycles. The largest absolute Gasteiger partial charge is 0.486 e. The number of rotatable bonds is 7. The summed E-state index contributed by atoms with van der Waals surface area (Å²) in [6.45, 7) is 0.338. The number of nitrogens with zero attached hydrogens (tertiary/aromatic N) is 1. The third-order valence-corrected chi connectivity index (χ3v) is 4.24. The van der Waals surface area contributed by atoms with E-state index in [-0.39, 0.29) is 5.78 Å². The summed E-state index contributed by atoms with van der Waals surface area (Å²) in [5.41, 5.74) is 1.57. The first kappa shape index (κ1) is 17.6. The Morgan fingerprint density at radius 2 is 1.75 bits per heavy atom. The Morgan fingerprint density at radius 1 is 0.929 bits per heavy atom. The van der Waals surface area contributed by atoms with Crippen LogP contribution in [0, 0.1) is 0 Å². The molecule has 0 aliphatic heterocycles. The minimum atomic E-state index is -0.0764. The van der Waals surface area contributed by atoms with Gasteiger partial charge in [-0.3, -0.25) is 4.79 Å². The molecule has 0 aliphatic carbocycles. The van der Waals surface area contributed by atoms with Gasteiger partial charge in [-0.05, 0) is 60.7 Å². The van der Waals surface area contributed by atoms with Crippen LogP contribution in [0.1, 0.15) is 21.9 Å². The second-order valence-electron chi connectivity index (χ2n) is 6.24. The first-order valence-electron chi connectivity index (χ1n) is 9.00. The molecule has 0 unspecified atom stereocenters. The number of ether oxygens (including phenoxy) is 1. The van der Waals surface area contributed by atoms with Crippen molar-refractivity contribution in [1.82, 2.24) is 4.57 Å². The van der Waals surface area contributed by atoms with Crippen LogP contribution < -0.4 is 4.74 Å². The molecule has 4 aromatic rings. The van der Waals surface area contributed by atoms with Crippen molar-refractivity contribution >= 4 is 11.9 Å². The van der Waals surface area contributed by atoms with Crippen LogP contribution in [0.3, 0.4) is 0 Å². The van der Waals surface area contributed by atoms with Crippen molar-refractivity contribution in [3.05, 3.63) is 114 Å². The molecular formula is C24H19NO3. The molecule has 0 bridgehead atoms. The number of allylic oxidation sites excluding steroid dienone is 1. The monoisotopic (exact) mass is 369 g/mol. The molecule has 138 valence electrons. The van der Waals surface area contributed by atoms with Gasteiger partial charge < -0.3 is 13.7 Å². The number of hydrogen-bond donors (Lipinski definition) is 0. The molecule has 0 aliphatic rings. The topological polar surface area (TPSA) is 44.4 Å². The van der Waals surface area contributed by atoms with Crippen LogP contribution in [0.2, 0.25) is 0 Å². The summed E-state index contributed by atoms with van der Waals surface area (Å²) in [6.07, 6.45) is 7.09. The van der Waals surface area contributed by atoms with Crippen molar-refractivity contribution < 1.29 is 13.9 Å². The van der Waals surface area contributed by atoms with Crippen molar-refractivity contribution in [2.45, 2.75) is 6.61 Å². The normalized spacial score (nSPS) is 11.0. The van der Waals surface area contributed by atoms with Crippen LogP contribution in [-0.2, 0) is 6.61 Å². The average molecular weight is 369 g/mol. The Morgan fingerprint density at radius 3 is 2.57 bits per heavy atom. The second kappa shape index (κ2) is 8.27.